The Morgan fingerprint density at radius 1 is 1.28 bits per heavy atom. The number of aliphatic hydroxyl groups excluding tert-OH is 1. The fraction of sp³-hybridized carbons (Fsp3) is 0.273. The lowest BCUT2D eigenvalue weighted by molar-refractivity contribution is 0.300. The molecule has 0 amide bonds. The van der Waals surface area contributed by atoms with Gasteiger partial charge in [0.2, 0.25) is 10.0 Å². The molecule has 0 aromatic carbocycles. The van der Waals surface area contributed by atoms with Gasteiger partial charge in [0, 0.05) is 24.4 Å². The fourth-order valence-corrected chi connectivity index (χ4v) is 4.47. The Bertz CT molecular complexity index is 587. The number of hydrogen-bond donors (Lipinski definition) is 2. The van der Waals surface area contributed by atoms with Gasteiger partial charge in [0.1, 0.15) is 4.21 Å². The van der Waals surface area contributed by atoms with Crippen molar-refractivity contribution in [2.24, 2.45) is 0 Å². The first-order chi connectivity index (χ1) is 8.62. The van der Waals surface area contributed by atoms with Crippen molar-refractivity contribution in [3.8, 4) is 0 Å². The van der Waals surface area contributed by atoms with Crippen molar-refractivity contribution in [3.63, 3.8) is 0 Å². The minimum Gasteiger partial charge on any atom is -0.396 e. The average Bonchev–Trinajstić information content (AvgIpc) is 2.98. The number of nitrogens with one attached hydrogen (secondary N) is 1. The first-order valence-electron chi connectivity index (χ1n) is 5.32. The molecular weight excluding hydrogens is 290 g/mol. The highest BCUT2D eigenvalue weighted by Gasteiger charge is 2.16. The van der Waals surface area contributed by atoms with Crippen molar-refractivity contribution in [2.75, 3.05) is 6.61 Å². The summed E-state index contributed by atoms with van der Waals surface area (Å²) >= 11 is 2.73. The lowest BCUT2D eigenvalue weighted by atomic mass is 10.4. The van der Waals surface area contributed by atoms with Crippen LogP contribution in [0, 0.1) is 0 Å². The van der Waals surface area contributed by atoms with Crippen LogP contribution in [-0.4, -0.2) is 20.1 Å². The van der Waals surface area contributed by atoms with E-state index >= 15 is 0 Å². The third-order valence-electron chi connectivity index (χ3n) is 2.31. The molecule has 98 valence electrons. The van der Waals surface area contributed by atoms with Crippen LogP contribution in [0.2, 0.25) is 0 Å². The first-order valence-corrected chi connectivity index (χ1v) is 8.56. The van der Waals surface area contributed by atoms with Gasteiger partial charge in [-0.1, -0.05) is 0 Å². The van der Waals surface area contributed by atoms with Crippen molar-refractivity contribution < 1.29 is 13.5 Å². The monoisotopic (exact) mass is 303 g/mol. The molecule has 0 saturated carbocycles. The van der Waals surface area contributed by atoms with Gasteiger partial charge in [-0.15, -0.1) is 11.3 Å². The molecule has 2 aromatic heterocycles. The molecule has 2 N–H and O–H groups in total. The predicted octanol–water partition coefficient (Wildman–Crippen LogP) is 1.82. The van der Waals surface area contributed by atoms with Crippen LogP contribution in [0.3, 0.4) is 0 Å². The van der Waals surface area contributed by atoms with Gasteiger partial charge < -0.3 is 5.11 Å². The molecule has 4 nitrogen and oxygen atoms in total. The Morgan fingerprint density at radius 2 is 2.11 bits per heavy atom. The van der Waals surface area contributed by atoms with Crippen LogP contribution >= 0.6 is 22.7 Å². The molecule has 0 aliphatic heterocycles. The van der Waals surface area contributed by atoms with Gasteiger partial charge >= 0.3 is 0 Å². The summed E-state index contributed by atoms with van der Waals surface area (Å²) in [5.74, 6) is 0. The molecule has 0 atom stereocenters. The molecule has 2 rings (SSSR count). The minimum absolute atomic E-state index is 0.0301. The van der Waals surface area contributed by atoms with E-state index in [4.69, 9.17) is 5.11 Å². The molecule has 0 aliphatic rings. The molecule has 0 aliphatic carbocycles. The van der Waals surface area contributed by atoms with Gasteiger partial charge in [0.15, 0.2) is 0 Å². The summed E-state index contributed by atoms with van der Waals surface area (Å²) in [6.07, 6.45) is 0.491. The van der Waals surface area contributed by atoms with Crippen LogP contribution in [0.5, 0.6) is 0 Å². The van der Waals surface area contributed by atoms with Crippen molar-refractivity contribution in [2.45, 2.75) is 17.2 Å². The van der Waals surface area contributed by atoms with Crippen molar-refractivity contribution in [1.29, 1.82) is 0 Å². The van der Waals surface area contributed by atoms with E-state index in [0.717, 1.165) is 10.4 Å². The zero-order valence-corrected chi connectivity index (χ0v) is 11.9. The van der Waals surface area contributed by atoms with Gasteiger partial charge in [0.05, 0.1) is 0 Å². The van der Waals surface area contributed by atoms with E-state index < -0.39 is 10.0 Å². The maximum atomic E-state index is 12.0. The van der Waals surface area contributed by atoms with Crippen molar-refractivity contribution >= 4 is 32.7 Å². The Balaban J connectivity index is 2.05. The van der Waals surface area contributed by atoms with E-state index in [1.165, 1.54) is 22.7 Å². The van der Waals surface area contributed by atoms with Gasteiger partial charge in [-0.05, 0) is 34.5 Å². The van der Waals surface area contributed by atoms with E-state index in [9.17, 15) is 8.42 Å². The lowest BCUT2D eigenvalue weighted by Crippen LogP contribution is -2.22. The second-order valence-electron chi connectivity index (χ2n) is 3.65. The molecular formula is C11H13NO3S3. The molecule has 0 radical (unpaired) electrons. The molecule has 0 saturated heterocycles. The summed E-state index contributed by atoms with van der Waals surface area (Å²) < 4.78 is 26.8. The number of hydrogen-bond acceptors (Lipinski definition) is 5. The molecule has 0 bridgehead atoms. The Morgan fingerprint density at radius 3 is 2.78 bits per heavy atom. The summed E-state index contributed by atoms with van der Waals surface area (Å²) in [4.78, 5) is 0.869. The molecule has 2 heterocycles. The second-order valence-corrected chi connectivity index (χ2v) is 7.59. The summed E-state index contributed by atoms with van der Waals surface area (Å²) in [6, 6.07) is 5.20. The highest BCUT2D eigenvalue weighted by atomic mass is 32.2. The van der Waals surface area contributed by atoms with E-state index in [2.05, 4.69) is 4.72 Å². The topological polar surface area (TPSA) is 66.4 Å². The molecule has 0 fully saturated rings. The van der Waals surface area contributed by atoms with Crippen LogP contribution in [0.15, 0.2) is 33.2 Å². The third-order valence-corrected chi connectivity index (χ3v) is 6.08. The number of rotatable bonds is 6. The quantitative estimate of drug-likeness (QED) is 0.855. The minimum atomic E-state index is -3.44. The molecule has 0 unspecified atom stereocenters. The molecule has 2 aromatic rings. The fourth-order valence-electron chi connectivity index (χ4n) is 1.39. The summed E-state index contributed by atoms with van der Waals surface area (Å²) in [6.45, 7) is 0.335. The van der Waals surface area contributed by atoms with Crippen LogP contribution in [0.25, 0.3) is 0 Å². The Hall–Kier alpha value is -0.730. The van der Waals surface area contributed by atoms with Gasteiger partial charge in [-0.2, -0.15) is 11.3 Å². The van der Waals surface area contributed by atoms with Crippen LogP contribution in [-0.2, 0) is 23.0 Å². The van der Waals surface area contributed by atoms with Crippen molar-refractivity contribution in [3.05, 3.63) is 39.4 Å². The largest absolute Gasteiger partial charge is 0.396 e. The average molecular weight is 303 g/mol. The maximum Gasteiger partial charge on any atom is 0.250 e. The van der Waals surface area contributed by atoms with Gasteiger partial charge in [-0.25, -0.2) is 13.1 Å². The van der Waals surface area contributed by atoms with Crippen LogP contribution in [0.1, 0.15) is 10.4 Å². The zero-order valence-electron chi connectivity index (χ0n) is 9.50. The normalized spacial score (nSPS) is 11.8. The van der Waals surface area contributed by atoms with Crippen LogP contribution < -0.4 is 4.72 Å². The second kappa shape index (κ2) is 5.94. The highest BCUT2D eigenvalue weighted by molar-refractivity contribution is 7.91. The smallest absolute Gasteiger partial charge is 0.250 e. The van der Waals surface area contributed by atoms with Crippen molar-refractivity contribution in [1.82, 2.24) is 4.72 Å². The number of aliphatic hydroxyl groups is 1. The zero-order chi connectivity index (χ0) is 13.0. The third kappa shape index (κ3) is 3.39. The van der Waals surface area contributed by atoms with E-state index in [0.29, 0.717) is 17.2 Å². The maximum absolute atomic E-state index is 12.0. The first kappa shape index (κ1) is 13.7. The Labute approximate surface area is 114 Å². The standard InChI is InChI=1S/C11H13NO3S3/c13-5-3-10-1-2-11(17-10)18(14,15)12-7-9-4-6-16-8-9/h1-2,4,6,8,12-13H,3,5,7H2. The summed E-state index contributed by atoms with van der Waals surface area (Å²) in [5.41, 5.74) is 0.954. The Kier molecular flexibility index (Phi) is 4.52. The van der Waals surface area contributed by atoms with E-state index in [1.54, 1.807) is 12.1 Å². The highest BCUT2D eigenvalue weighted by Crippen LogP contribution is 2.22. The SMILES string of the molecule is O=S(=O)(NCc1ccsc1)c1ccc(CCO)s1. The summed E-state index contributed by atoms with van der Waals surface area (Å²) in [7, 11) is -3.44. The van der Waals surface area contributed by atoms with Gasteiger partial charge in [0.25, 0.3) is 0 Å². The van der Waals surface area contributed by atoms with E-state index in [1.807, 2.05) is 16.8 Å². The van der Waals surface area contributed by atoms with E-state index in [-0.39, 0.29) is 6.61 Å². The number of sulfonamides is 1. The molecule has 0 spiro atoms. The summed E-state index contributed by atoms with van der Waals surface area (Å²) in [5, 5.41) is 12.6. The molecule has 7 heteroatoms. The predicted molar refractivity (Wildman–Crippen MR) is 73.5 cm³/mol. The number of thiophene rings is 2. The lowest BCUT2D eigenvalue weighted by Gasteiger charge is -2.02. The van der Waals surface area contributed by atoms with Crippen LogP contribution in [0.4, 0.5) is 0 Å². The molecule has 18 heavy (non-hydrogen) atoms. The van der Waals surface area contributed by atoms with Gasteiger partial charge in [-0.3, -0.25) is 0 Å².